The molecule has 2 N–H and O–H groups in total. The number of carbonyl (C=O) groups is 1. The van der Waals surface area contributed by atoms with Crippen molar-refractivity contribution in [3.8, 4) is 5.75 Å². The first-order chi connectivity index (χ1) is 15.1. The number of thioether (sulfide) groups is 1. The van der Waals surface area contributed by atoms with Crippen LogP contribution < -0.4 is 20.3 Å². The fourth-order valence-electron chi connectivity index (χ4n) is 3.52. The van der Waals surface area contributed by atoms with Gasteiger partial charge in [-0.15, -0.1) is 11.8 Å². The van der Waals surface area contributed by atoms with Crippen LogP contribution in [-0.4, -0.2) is 30.4 Å². The normalized spacial score (nSPS) is 12.2. The Hall–Kier alpha value is -3.03. The molecule has 0 fully saturated rings. The number of hydrogen-bond donors (Lipinski definition) is 2. The average Bonchev–Trinajstić information content (AvgIpc) is 3.22. The van der Waals surface area contributed by atoms with Crippen LogP contribution in [0.4, 0.5) is 17.1 Å². The van der Waals surface area contributed by atoms with Crippen LogP contribution in [0.1, 0.15) is 5.56 Å². The summed E-state index contributed by atoms with van der Waals surface area (Å²) in [6.45, 7) is 0.753. The molecule has 1 heterocycles. The quantitative estimate of drug-likeness (QED) is 0.399. The first-order valence-electron chi connectivity index (χ1n) is 9.96. The molecule has 0 radical (unpaired) electrons. The minimum atomic E-state index is 0.127. The highest BCUT2D eigenvalue weighted by atomic mass is 32.2. The van der Waals surface area contributed by atoms with Crippen molar-refractivity contribution in [2.75, 3.05) is 34.9 Å². The third-order valence-corrected chi connectivity index (χ3v) is 6.18. The molecule has 0 unspecified atom stereocenters. The highest BCUT2D eigenvalue weighted by molar-refractivity contribution is 8.00. The van der Waals surface area contributed by atoms with E-state index in [0.29, 0.717) is 10.9 Å². The number of amides is 1. The van der Waals surface area contributed by atoms with Gasteiger partial charge in [0.05, 0.1) is 18.6 Å². The standard InChI is InChI=1S/C24H23N3O2S2/c1-29-22-12-5-3-10-20(22)26-24(30)25-18-8-6-9-19(15-18)31-16-23(28)27-14-13-17-7-2-4-11-21(17)27/h2-12,15H,13-14,16H2,1H3,(H2,25,26,30). The Morgan fingerprint density at radius 3 is 2.74 bits per heavy atom. The van der Waals surface area contributed by atoms with Gasteiger partial charge in [0, 0.05) is 22.8 Å². The lowest BCUT2D eigenvalue weighted by molar-refractivity contribution is -0.116. The van der Waals surface area contributed by atoms with Gasteiger partial charge < -0.3 is 20.3 Å². The van der Waals surface area contributed by atoms with Gasteiger partial charge in [-0.2, -0.15) is 0 Å². The van der Waals surface area contributed by atoms with Gasteiger partial charge in [0.1, 0.15) is 5.75 Å². The number of thiocarbonyl (C=S) groups is 1. The van der Waals surface area contributed by atoms with Crippen molar-refractivity contribution in [2.24, 2.45) is 0 Å². The van der Waals surface area contributed by atoms with Crippen LogP contribution in [-0.2, 0) is 11.2 Å². The van der Waals surface area contributed by atoms with Gasteiger partial charge in [0.25, 0.3) is 0 Å². The maximum absolute atomic E-state index is 12.8. The molecule has 1 aliphatic rings. The number of rotatable bonds is 6. The van der Waals surface area contributed by atoms with Gasteiger partial charge in [-0.1, -0.05) is 36.4 Å². The lowest BCUT2D eigenvalue weighted by Gasteiger charge is -2.17. The summed E-state index contributed by atoms with van der Waals surface area (Å²) in [7, 11) is 1.62. The number of para-hydroxylation sites is 3. The average molecular weight is 450 g/mol. The van der Waals surface area contributed by atoms with Crippen molar-refractivity contribution in [3.05, 3.63) is 78.4 Å². The number of fused-ring (bicyclic) bond motifs is 1. The molecule has 0 aromatic heterocycles. The van der Waals surface area contributed by atoms with Crippen molar-refractivity contribution in [1.82, 2.24) is 0 Å². The van der Waals surface area contributed by atoms with Gasteiger partial charge in [-0.3, -0.25) is 4.79 Å². The number of benzene rings is 3. The molecule has 0 bridgehead atoms. The summed E-state index contributed by atoms with van der Waals surface area (Å²) in [5.74, 6) is 1.24. The number of ether oxygens (including phenoxy) is 1. The molecular weight excluding hydrogens is 426 g/mol. The summed E-state index contributed by atoms with van der Waals surface area (Å²) in [5.41, 5.74) is 3.93. The zero-order valence-electron chi connectivity index (χ0n) is 17.1. The first-order valence-corrected chi connectivity index (χ1v) is 11.4. The van der Waals surface area contributed by atoms with Crippen LogP contribution in [0.25, 0.3) is 0 Å². The summed E-state index contributed by atoms with van der Waals surface area (Å²) in [4.78, 5) is 15.6. The summed E-state index contributed by atoms with van der Waals surface area (Å²) in [6, 6.07) is 23.6. The minimum Gasteiger partial charge on any atom is -0.495 e. The van der Waals surface area contributed by atoms with E-state index in [4.69, 9.17) is 17.0 Å². The predicted molar refractivity (Wildman–Crippen MR) is 133 cm³/mol. The fraction of sp³-hybridized carbons (Fsp3) is 0.167. The molecule has 1 amide bonds. The smallest absolute Gasteiger partial charge is 0.237 e. The van der Waals surface area contributed by atoms with Gasteiger partial charge in [0.15, 0.2) is 5.11 Å². The maximum atomic E-state index is 12.8. The van der Waals surface area contributed by atoms with Gasteiger partial charge in [-0.25, -0.2) is 0 Å². The number of methoxy groups -OCH3 is 1. The second-order valence-electron chi connectivity index (χ2n) is 7.02. The van der Waals surface area contributed by atoms with Gasteiger partial charge >= 0.3 is 0 Å². The fourth-order valence-corrected chi connectivity index (χ4v) is 4.58. The SMILES string of the molecule is COc1ccccc1NC(=S)Nc1cccc(SCC(=O)N2CCc3ccccc32)c1. The van der Waals surface area contributed by atoms with Crippen LogP contribution in [0.2, 0.25) is 0 Å². The zero-order valence-corrected chi connectivity index (χ0v) is 18.8. The molecule has 31 heavy (non-hydrogen) atoms. The first kappa shape index (κ1) is 21.2. The Kier molecular flexibility index (Phi) is 6.74. The molecule has 4 rings (SSSR count). The number of anilines is 3. The summed E-state index contributed by atoms with van der Waals surface area (Å²) >= 11 is 6.97. The Labute approximate surface area is 191 Å². The molecule has 158 valence electrons. The molecule has 0 atom stereocenters. The summed E-state index contributed by atoms with van der Waals surface area (Å²) in [5, 5.41) is 6.82. The molecule has 1 aliphatic heterocycles. The second-order valence-corrected chi connectivity index (χ2v) is 8.48. The molecular formula is C24H23N3O2S2. The summed E-state index contributed by atoms with van der Waals surface area (Å²) in [6.07, 6.45) is 0.919. The number of carbonyl (C=O) groups excluding carboxylic acids is 1. The molecule has 0 spiro atoms. The van der Waals surface area contributed by atoms with Crippen LogP contribution in [0.15, 0.2) is 77.7 Å². The third-order valence-electron chi connectivity index (χ3n) is 5.00. The zero-order chi connectivity index (χ0) is 21.6. The van der Waals surface area contributed by atoms with Gasteiger partial charge in [-0.05, 0) is 60.6 Å². The largest absolute Gasteiger partial charge is 0.495 e. The second kappa shape index (κ2) is 9.85. The van der Waals surface area contributed by atoms with E-state index in [9.17, 15) is 4.79 Å². The summed E-state index contributed by atoms with van der Waals surface area (Å²) < 4.78 is 5.34. The van der Waals surface area contributed by atoms with Crippen LogP contribution in [0.5, 0.6) is 5.75 Å². The maximum Gasteiger partial charge on any atom is 0.237 e. The molecule has 0 saturated heterocycles. The van der Waals surface area contributed by atoms with Gasteiger partial charge in [0.2, 0.25) is 5.91 Å². The highest BCUT2D eigenvalue weighted by Crippen LogP contribution is 2.29. The van der Waals surface area contributed by atoms with E-state index in [1.54, 1.807) is 7.11 Å². The Bertz CT molecular complexity index is 1100. The van der Waals surface area contributed by atoms with Crippen molar-refractivity contribution in [2.45, 2.75) is 11.3 Å². The van der Waals surface area contributed by atoms with E-state index in [0.717, 1.165) is 40.7 Å². The van der Waals surface area contributed by atoms with Crippen molar-refractivity contribution in [1.29, 1.82) is 0 Å². The van der Waals surface area contributed by atoms with Crippen LogP contribution in [0.3, 0.4) is 0 Å². The Morgan fingerprint density at radius 1 is 1.06 bits per heavy atom. The third kappa shape index (κ3) is 5.18. The van der Waals surface area contributed by atoms with E-state index >= 15 is 0 Å². The molecule has 0 aliphatic carbocycles. The Morgan fingerprint density at radius 2 is 1.87 bits per heavy atom. The van der Waals surface area contributed by atoms with E-state index in [1.807, 2.05) is 71.6 Å². The van der Waals surface area contributed by atoms with Crippen molar-refractivity contribution < 1.29 is 9.53 Å². The lowest BCUT2D eigenvalue weighted by Crippen LogP contribution is -2.30. The van der Waals surface area contributed by atoms with E-state index in [-0.39, 0.29) is 5.91 Å². The predicted octanol–water partition coefficient (Wildman–Crippen LogP) is 5.19. The van der Waals surface area contributed by atoms with E-state index in [2.05, 4.69) is 16.7 Å². The minimum absolute atomic E-state index is 0.127. The van der Waals surface area contributed by atoms with Crippen LogP contribution >= 0.6 is 24.0 Å². The molecule has 3 aromatic rings. The van der Waals surface area contributed by atoms with Crippen LogP contribution in [0, 0.1) is 0 Å². The number of nitrogens with one attached hydrogen (secondary N) is 2. The Balaban J connectivity index is 1.34. The monoisotopic (exact) mass is 449 g/mol. The van der Waals surface area contributed by atoms with E-state index in [1.165, 1.54) is 17.3 Å². The number of hydrogen-bond acceptors (Lipinski definition) is 4. The topological polar surface area (TPSA) is 53.6 Å². The molecule has 0 saturated carbocycles. The van der Waals surface area contributed by atoms with Crippen molar-refractivity contribution >= 4 is 52.1 Å². The van der Waals surface area contributed by atoms with Crippen molar-refractivity contribution in [3.63, 3.8) is 0 Å². The number of nitrogens with zero attached hydrogens (tertiary/aromatic N) is 1. The highest BCUT2D eigenvalue weighted by Gasteiger charge is 2.23. The molecule has 5 nitrogen and oxygen atoms in total. The van der Waals surface area contributed by atoms with E-state index < -0.39 is 0 Å². The lowest BCUT2D eigenvalue weighted by atomic mass is 10.2. The molecule has 7 heteroatoms. The molecule has 3 aromatic carbocycles.